The molecule has 1 N–H and O–H groups in total. The second-order valence-electron chi connectivity index (χ2n) is 5.63. The van der Waals surface area contributed by atoms with Gasteiger partial charge in [-0.1, -0.05) is 30.3 Å². The Bertz CT molecular complexity index is 756. The molecule has 1 aliphatic rings. The molecule has 1 heterocycles. The van der Waals surface area contributed by atoms with Gasteiger partial charge in [-0.3, -0.25) is 4.79 Å². The molecule has 0 aromatic heterocycles. The van der Waals surface area contributed by atoms with E-state index in [0.717, 1.165) is 22.8 Å². The summed E-state index contributed by atoms with van der Waals surface area (Å²) in [6, 6.07) is 14.9. The largest absolute Gasteiger partial charge is 0.452 e. The lowest BCUT2D eigenvalue weighted by atomic mass is 10.1. The van der Waals surface area contributed by atoms with Gasteiger partial charge in [-0.15, -0.1) is 23.5 Å². The summed E-state index contributed by atoms with van der Waals surface area (Å²) in [5, 5.41) is 2.74. The van der Waals surface area contributed by atoms with Crippen LogP contribution in [0.1, 0.15) is 26.1 Å². The highest BCUT2D eigenvalue weighted by Gasteiger charge is 2.19. The normalized spacial score (nSPS) is 14.3. The summed E-state index contributed by atoms with van der Waals surface area (Å²) in [6.07, 6.45) is 0. The van der Waals surface area contributed by atoms with Gasteiger partial charge in [0.15, 0.2) is 6.61 Å². The third-order valence-corrected chi connectivity index (χ3v) is 6.90. The Morgan fingerprint density at radius 2 is 1.76 bits per heavy atom. The van der Waals surface area contributed by atoms with Gasteiger partial charge in [0.25, 0.3) is 5.91 Å². The van der Waals surface area contributed by atoms with E-state index in [1.54, 1.807) is 12.1 Å². The Kier molecular flexibility index (Phi) is 6.04. The molecule has 25 heavy (non-hydrogen) atoms. The van der Waals surface area contributed by atoms with Crippen molar-refractivity contribution < 1.29 is 14.3 Å². The number of carbonyl (C=O) groups is 2. The first kappa shape index (κ1) is 17.9. The lowest BCUT2D eigenvalue weighted by molar-refractivity contribution is -0.119. The summed E-state index contributed by atoms with van der Waals surface area (Å²) in [4.78, 5) is 24.0. The van der Waals surface area contributed by atoms with Crippen LogP contribution in [0, 0.1) is 6.92 Å². The van der Waals surface area contributed by atoms with Crippen LogP contribution in [0.3, 0.4) is 0 Å². The fraction of sp³-hybridized carbons (Fsp3) is 0.263. The number of esters is 1. The number of rotatable bonds is 5. The number of benzene rings is 2. The first-order chi connectivity index (χ1) is 12.1. The first-order valence-electron chi connectivity index (χ1n) is 7.99. The van der Waals surface area contributed by atoms with Crippen LogP contribution >= 0.6 is 23.5 Å². The molecule has 130 valence electrons. The maximum Gasteiger partial charge on any atom is 0.338 e. The molecule has 0 spiro atoms. The van der Waals surface area contributed by atoms with Crippen molar-refractivity contribution in [1.82, 2.24) is 0 Å². The number of anilines is 1. The molecule has 0 aliphatic carbocycles. The van der Waals surface area contributed by atoms with Crippen molar-refractivity contribution in [2.24, 2.45) is 0 Å². The average Bonchev–Trinajstić information content (AvgIpc) is 3.16. The van der Waals surface area contributed by atoms with Gasteiger partial charge < -0.3 is 10.1 Å². The van der Waals surface area contributed by atoms with Gasteiger partial charge in [0.2, 0.25) is 0 Å². The number of nitrogens with one attached hydrogen (secondary N) is 1. The van der Waals surface area contributed by atoms with Crippen molar-refractivity contribution >= 4 is 41.1 Å². The lowest BCUT2D eigenvalue weighted by Gasteiger charge is -2.10. The van der Waals surface area contributed by atoms with Crippen molar-refractivity contribution in [2.75, 3.05) is 23.4 Å². The second kappa shape index (κ2) is 8.45. The molecule has 3 rings (SSSR count). The zero-order valence-electron chi connectivity index (χ0n) is 13.9. The SMILES string of the molecule is Cc1ccccc1NC(=O)COC(=O)c1ccc(C2SCCS2)cc1. The van der Waals surface area contributed by atoms with Crippen LogP contribution < -0.4 is 5.32 Å². The van der Waals surface area contributed by atoms with Crippen LogP contribution in [0.5, 0.6) is 0 Å². The van der Waals surface area contributed by atoms with E-state index >= 15 is 0 Å². The minimum atomic E-state index is -0.488. The van der Waals surface area contributed by atoms with Crippen molar-refractivity contribution in [3.05, 3.63) is 65.2 Å². The number of aryl methyl sites for hydroxylation is 1. The van der Waals surface area contributed by atoms with E-state index in [2.05, 4.69) is 5.32 Å². The Hall–Kier alpha value is -1.92. The Morgan fingerprint density at radius 1 is 1.08 bits per heavy atom. The molecule has 0 unspecified atom stereocenters. The summed E-state index contributed by atoms with van der Waals surface area (Å²) < 4.78 is 5.55. The zero-order valence-corrected chi connectivity index (χ0v) is 15.5. The molecule has 0 saturated carbocycles. The number of thioether (sulfide) groups is 2. The van der Waals surface area contributed by atoms with Crippen molar-refractivity contribution in [3.8, 4) is 0 Å². The summed E-state index contributed by atoms with van der Waals surface area (Å²) in [7, 11) is 0. The van der Waals surface area contributed by atoms with Gasteiger partial charge in [-0.2, -0.15) is 0 Å². The molecular formula is C19H19NO3S2. The standard InChI is InChI=1S/C19H19NO3S2/c1-13-4-2-3-5-16(13)20-17(21)12-23-18(22)14-6-8-15(9-7-14)19-24-10-11-25-19/h2-9,19H,10-12H2,1H3,(H,20,21). The Morgan fingerprint density at radius 3 is 2.44 bits per heavy atom. The third kappa shape index (κ3) is 4.80. The van der Waals surface area contributed by atoms with Crippen molar-refractivity contribution in [1.29, 1.82) is 0 Å². The zero-order chi connectivity index (χ0) is 17.6. The molecule has 1 fully saturated rings. The maximum atomic E-state index is 12.1. The summed E-state index contributed by atoms with van der Waals surface area (Å²) in [5.41, 5.74) is 3.35. The minimum absolute atomic E-state index is 0.302. The van der Waals surface area contributed by atoms with E-state index in [0.29, 0.717) is 10.1 Å². The van der Waals surface area contributed by atoms with E-state index in [-0.39, 0.29) is 12.5 Å². The Balaban J connectivity index is 1.51. The van der Waals surface area contributed by atoms with E-state index < -0.39 is 5.97 Å². The molecule has 2 aromatic carbocycles. The molecule has 1 aliphatic heterocycles. The number of hydrogen-bond donors (Lipinski definition) is 1. The first-order valence-corrected chi connectivity index (χ1v) is 10.1. The molecule has 4 nitrogen and oxygen atoms in total. The van der Waals surface area contributed by atoms with Gasteiger partial charge >= 0.3 is 5.97 Å². The van der Waals surface area contributed by atoms with Gasteiger partial charge in [-0.25, -0.2) is 4.79 Å². The van der Waals surface area contributed by atoms with Gasteiger partial charge in [-0.05, 0) is 36.2 Å². The fourth-order valence-electron chi connectivity index (χ4n) is 2.44. The van der Waals surface area contributed by atoms with E-state index in [4.69, 9.17) is 4.74 Å². The molecule has 1 amide bonds. The molecule has 0 bridgehead atoms. The molecular weight excluding hydrogens is 354 g/mol. The van der Waals surface area contributed by atoms with Gasteiger partial charge in [0, 0.05) is 17.2 Å². The van der Waals surface area contributed by atoms with E-state index in [1.165, 1.54) is 5.56 Å². The highest BCUT2D eigenvalue weighted by Crippen LogP contribution is 2.45. The molecule has 6 heteroatoms. The lowest BCUT2D eigenvalue weighted by Crippen LogP contribution is -2.21. The highest BCUT2D eigenvalue weighted by atomic mass is 32.2. The van der Waals surface area contributed by atoms with Crippen LogP contribution in [0.25, 0.3) is 0 Å². The van der Waals surface area contributed by atoms with Crippen molar-refractivity contribution in [2.45, 2.75) is 11.5 Å². The third-order valence-electron chi connectivity index (χ3n) is 3.79. The highest BCUT2D eigenvalue weighted by molar-refractivity contribution is 8.19. The predicted molar refractivity (Wildman–Crippen MR) is 104 cm³/mol. The summed E-state index contributed by atoms with van der Waals surface area (Å²) >= 11 is 3.84. The predicted octanol–water partition coefficient (Wildman–Crippen LogP) is 4.27. The van der Waals surface area contributed by atoms with Crippen LogP contribution in [0.2, 0.25) is 0 Å². The van der Waals surface area contributed by atoms with E-state index in [1.807, 2.05) is 66.8 Å². The molecule has 1 saturated heterocycles. The maximum absolute atomic E-state index is 12.1. The minimum Gasteiger partial charge on any atom is -0.452 e. The number of carbonyl (C=O) groups excluding carboxylic acids is 2. The number of para-hydroxylation sites is 1. The van der Waals surface area contributed by atoms with E-state index in [9.17, 15) is 9.59 Å². The van der Waals surface area contributed by atoms with Crippen LogP contribution in [0.4, 0.5) is 5.69 Å². The van der Waals surface area contributed by atoms with Crippen LogP contribution in [-0.4, -0.2) is 30.0 Å². The Labute approximate surface area is 155 Å². The topological polar surface area (TPSA) is 55.4 Å². The number of amides is 1. The van der Waals surface area contributed by atoms with Gasteiger partial charge in [0.05, 0.1) is 10.1 Å². The molecule has 0 radical (unpaired) electrons. The fourth-order valence-corrected chi connectivity index (χ4v) is 5.30. The average molecular weight is 373 g/mol. The smallest absolute Gasteiger partial charge is 0.338 e. The van der Waals surface area contributed by atoms with Crippen LogP contribution in [0.15, 0.2) is 48.5 Å². The monoisotopic (exact) mass is 373 g/mol. The molecule has 0 atom stereocenters. The van der Waals surface area contributed by atoms with Crippen molar-refractivity contribution in [3.63, 3.8) is 0 Å². The van der Waals surface area contributed by atoms with Gasteiger partial charge in [0.1, 0.15) is 0 Å². The number of ether oxygens (including phenoxy) is 1. The quantitative estimate of drug-likeness (QED) is 0.793. The molecule has 2 aromatic rings. The number of hydrogen-bond acceptors (Lipinski definition) is 5. The van der Waals surface area contributed by atoms with Crippen LogP contribution in [-0.2, 0) is 9.53 Å². The summed E-state index contributed by atoms with van der Waals surface area (Å²) in [5.74, 6) is 1.49. The second-order valence-corrected chi connectivity index (χ2v) is 8.36. The summed E-state index contributed by atoms with van der Waals surface area (Å²) in [6.45, 7) is 1.60.